The molecule has 0 aromatic heterocycles. The van der Waals surface area contributed by atoms with Crippen LogP contribution in [0.3, 0.4) is 0 Å². The molecule has 0 aliphatic heterocycles. The first-order chi connectivity index (χ1) is 8.99. The molecule has 19 heavy (non-hydrogen) atoms. The van der Waals surface area contributed by atoms with Gasteiger partial charge in [-0.2, -0.15) is 0 Å². The molecule has 4 nitrogen and oxygen atoms in total. The van der Waals surface area contributed by atoms with Gasteiger partial charge >= 0.3 is 0 Å². The molecule has 2 rings (SSSR count). The first-order valence-electron chi connectivity index (χ1n) is 6.22. The molecule has 1 fully saturated rings. The number of anilines is 1. The lowest BCUT2D eigenvalue weighted by molar-refractivity contribution is 0.0716. The smallest absolute Gasteiger partial charge is 0.252 e. The number of halogens is 2. The number of carbonyl (C=O) groups is 1. The maximum absolute atomic E-state index is 13.2. The molecule has 0 saturated heterocycles. The fraction of sp³-hybridized carbons (Fsp3) is 0.462. The third-order valence-electron chi connectivity index (χ3n) is 3.38. The minimum absolute atomic E-state index is 0.0717. The summed E-state index contributed by atoms with van der Waals surface area (Å²) < 4.78 is 13.6. The molecule has 1 aliphatic rings. The zero-order valence-corrected chi connectivity index (χ0v) is 11.9. The van der Waals surface area contributed by atoms with Crippen LogP contribution in [0, 0.1) is 5.82 Å². The quantitative estimate of drug-likeness (QED) is 0.728. The number of aliphatic hydroxyl groups is 1. The van der Waals surface area contributed by atoms with Crippen molar-refractivity contribution in [1.82, 2.24) is 5.32 Å². The van der Waals surface area contributed by atoms with Gasteiger partial charge in [0.2, 0.25) is 0 Å². The van der Waals surface area contributed by atoms with Crippen molar-refractivity contribution in [3.63, 3.8) is 0 Å². The predicted molar refractivity (Wildman–Crippen MR) is 74.2 cm³/mol. The number of rotatable bonds is 2. The Morgan fingerprint density at radius 2 is 2.11 bits per heavy atom. The van der Waals surface area contributed by atoms with Crippen LogP contribution in [-0.2, 0) is 0 Å². The molecule has 104 valence electrons. The lowest BCUT2D eigenvalue weighted by Crippen LogP contribution is -2.45. The van der Waals surface area contributed by atoms with Gasteiger partial charge in [-0.1, -0.05) is 12.8 Å². The Balaban J connectivity index is 2.13. The van der Waals surface area contributed by atoms with Crippen molar-refractivity contribution in [2.75, 3.05) is 5.73 Å². The number of amides is 1. The zero-order chi connectivity index (χ0) is 14.0. The number of hydrogen-bond donors (Lipinski definition) is 3. The molecule has 2 unspecified atom stereocenters. The van der Waals surface area contributed by atoms with Crippen molar-refractivity contribution in [3.05, 3.63) is 28.0 Å². The molecule has 0 radical (unpaired) electrons. The van der Waals surface area contributed by atoms with Crippen LogP contribution in [0.15, 0.2) is 16.6 Å². The third kappa shape index (κ3) is 3.25. The number of nitrogens with two attached hydrogens (primary N) is 1. The second kappa shape index (κ2) is 5.88. The fourth-order valence-electron chi connectivity index (χ4n) is 2.27. The maximum atomic E-state index is 13.2. The van der Waals surface area contributed by atoms with Gasteiger partial charge in [0.05, 0.1) is 23.4 Å². The van der Waals surface area contributed by atoms with Crippen molar-refractivity contribution in [1.29, 1.82) is 0 Å². The number of hydrogen-bond acceptors (Lipinski definition) is 3. The van der Waals surface area contributed by atoms with Crippen molar-refractivity contribution in [3.8, 4) is 0 Å². The van der Waals surface area contributed by atoms with Crippen LogP contribution in [-0.4, -0.2) is 23.2 Å². The predicted octanol–water partition coefficient (Wildman–Crippen LogP) is 2.20. The van der Waals surface area contributed by atoms with Crippen LogP contribution < -0.4 is 11.1 Å². The summed E-state index contributed by atoms with van der Waals surface area (Å²) in [6.07, 6.45) is 2.88. The molecular weight excluding hydrogens is 315 g/mol. The minimum atomic E-state index is -0.568. The molecule has 1 saturated carbocycles. The molecule has 6 heteroatoms. The molecule has 1 amide bonds. The van der Waals surface area contributed by atoms with E-state index in [-0.39, 0.29) is 23.2 Å². The molecule has 1 aliphatic carbocycles. The molecule has 0 spiro atoms. The first kappa shape index (κ1) is 14.3. The van der Waals surface area contributed by atoms with E-state index in [0.29, 0.717) is 10.9 Å². The molecule has 0 heterocycles. The van der Waals surface area contributed by atoms with Gasteiger partial charge in [-0.3, -0.25) is 4.79 Å². The van der Waals surface area contributed by atoms with Crippen LogP contribution in [0.2, 0.25) is 0 Å². The summed E-state index contributed by atoms with van der Waals surface area (Å²) in [4.78, 5) is 12.1. The Bertz CT molecular complexity index is 496. The Morgan fingerprint density at radius 1 is 1.42 bits per heavy atom. The van der Waals surface area contributed by atoms with Crippen LogP contribution in [0.4, 0.5) is 10.1 Å². The molecule has 2 atom stereocenters. The molecule has 4 N–H and O–H groups in total. The van der Waals surface area contributed by atoms with Crippen molar-refractivity contribution < 1.29 is 14.3 Å². The number of benzene rings is 1. The minimum Gasteiger partial charge on any atom is -0.396 e. The van der Waals surface area contributed by atoms with E-state index in [1.165, 1.54) is 12.1 Å². The second-order valence-electron chi connectivity index (χ2n) is 4.79. The van der Waals surface area contributed by atoms with Crippen LogP contribution in [0.1, 0.15) is 36.0 Å². The Labute approximate surface area is 119 Å². The van der Waals surface area contributed by atoms with E-state index in [0.717, 1.165) is 19.3 Å². The Kier molecular flexibility index (Phi) is 4.42. The highest BCUT2D eigenvalue weighted by Crippen LogP contribution is 2.24. The van der Waals surface area contributed by atoms with E-state index >= 15 is 0 Å². The Morgan fingerprint density at radius 3 is 2.79 bits per heavy atom. The van der Waals surface area contributed by atoms with Crippen molar-refractivity contribution in [2.24, 2.45) is 0 Å². The summed E-state index contributed by atoms with van der Waals surface area (Å²) in [6, 6.07) is 2.21. The van der Waals surface area contributed by atoms with Gasteiger partial charge in [-0.25, -0.2) is 4.39 Å². The number of nitrogens with one attached hydrogen (secondary N) is 1. The topological polar surface area (TPSA) is 75.4 Å². The maximum Gasteiger partial charge on any atom is 0.252 e. The highest BCUT2D eigenvalue weighted by Gasteiger charge is 2.25. The molecule has 0 bridgehead atoms. The number of nitrogen functional groups attached to an aromatic ring is 1. The largest absolute Gasteiger partial charge is 0.396 e. The van der Waals surface area contributed by atoms with Crippen LogP contribution >= 0.6 is 15.9 Å². The van der Waals surface area contributed by atoms with E-state index in [4.69, 9.17) is 5.73 Å². The van der Waals surface area contributed by atoms with Gasteiger partial charge < -0.3 is 16.2 Å². The molecule has 1 aromatic rings. The van der Waals surface area contributed by atoms with Crippen molar-refractivity contribution in [2.45, 2.75) is 37.8 Å². The van der Waals surface area contributed by atoms with E-state index in [1.54, 1.807) is 0 Å². The fourth-order valence-corrected chi connectivity index (χ4v) is 2.76. The second-order valence-corrected chi connectivity index (χ2v) is 5.64. The van der Waals surface area contributed by atoms with Gasteiger partial charge in [-0.05, 0) is 40.9 Å². The van der Waals surface area contributed by atoms with Gasteiger partial charge in [0.1, 0.15) is 5.82 Å². The summed E-state index contributed by atoms with van der Waals surface area (Å²) in [5, 5.41) is 12.6. The lowest BCUT2D eigenvalue weighted by Gasteiger charge is -2.28. The highest BCUT2D eigenvalue weighted by molar-refractivity contribution is 9.10. The van der Waals surface area contributed by atoms with Gasteiger partial charge in [0.25, 0.3) is 5.91 Å². The summed E-state index contributed by atoms with van der Waals surface area (Å²) in [7, 11) is 0. The van der Waals surface area contributed by atoms with Gasteiger partial charge in [-0.15, -0.1) is 0 Å². The van der Waals surface area contributed by atoms with Gasteiger partial charge in [0, 0.05) is 4.47 Å². The SMILES string of the molecule is Nc1cc(C(=O)NC2CCCCC2O)c(Br)cc1F. The van der Waals surface area contributed by atoms with E-state index < -0.39 is 11.9 Å². The van der Waals surface area contributed by atoms with E-state index in [2.05, 4.69) is 21.2 Å². The lowest BCUT2D eigenvalue weighted by atomic mass is 9.92. The van der Waals surface area contributed by atoms with Crippen LogP contribution in [0.5, 0.6) is 0 Å². The molecular formula is C13H16BrFN2O2. The zero-order valence-electron chi connectivity index (χ0n) is 10.3. The van der Waals surface area contributed by atoms with Crippen LogP contribution in [0.25, 0.3) is 0 Å². The van der Waals surface area contributed by atoms with E-state index in [1.807, 2.05) is 0 Å². The number of aliphatic hydroxyl groups excluding tert-OH is 1. The average Bonchev–Trinajstić information content (AvgIpc) is 2.36. The summed E-state index contributed by atoms with van der Waals surface area (Å²) >= 11 is 3.14. The summed E-state index contributed by atoms with van der Waals surface area (Å²) in [5.41, 5.74) is 5.67. The summed E-state index contributed by atoms with van der Waals surface area (Å²) in [5.74, 6) is -0.925. The third-order valence-corrected chi connectivity index (χ3v) is 4.03. The average molecular weight is 331 g/mol. The first-order valence-corrected chi connectivity index (χ1v) is 7.02. The van der Waals surface area contributed by atoms with Crippen molar-refractivity contribution >= 4 is 27.5 Å². The van der Waals surface area contributed by atoms with Gasteiger partial charge in [0.15, 0.2) is 0 Å². The number of carbonyl (C=O) groups excluding carboxylic acids is 1. The highest BCUT2D eigenvalue weighted by atomic mass is 79.9. The summed E-state index contributed by atoms with van der Waals surface area (Å²) in [6.45, 7) is 0. The molecule has 1 aromatic carbocycles. The van der Waals surface area contributed by atoms with E-state index in [9.17, 15) is 14.3 Å². The standard InChI is InChI=1S/C13H16BrFN2O2/c14-8-6-9(15)10(16)5-7(8)13(19)17-11-3-1-2-4-12(11)18/h5-6,11-12,18H,1-4,16H2,(H,17,19). The Hall–Kier alpha value is -1.14. The normalized spacial score (nSPS) is 23.1. The monoisotopic (exact) mass is 330 g/mol.